The molecule has 3 unspecified atom stereocenters. The van der Waals surface area contributed by atoms with Crippen LogP contribution >= 0.6 is 23.2 Å². The van der Waals surface area contributed by atoms with Crippen LogP contribution in [0.1, 0.15) is 38.2 Å². The van der Waals surface area contributed by atoms with Crippen molar-refractivity contribution in [1.82, 2.24) is 0 Å². The fourth-order valence-corrected chi connectivity index (χ4v) is 2.36. The molecule has 0 saturated carbocycles. The molecule has 1 aromatic carbocycles. The minimum Gasteiger partial charge on any atom is -0.370 e. The van der Waals surface area contributed by atoms with Gasteiger partial charge in [-0.1, -0.05) is 43.1 Å². The first-order valence-electron chi connectivity index (χ1n) is 5.72. The first-order chi connectivity index (χ1) is 7.61. The smallest absolute Gasteiger partial charge is 0.0847 e. The van der Waals surface area contributed by atoms with Gasteiger partial charge in [-0.2, -0.15) is 0 Å². The lowest BCUT2D eigenvalue weighted by Crippen LogP contribution is -2.01. The summed E-state index contributed by atoms with van der Waals surface area (Å²) in [6.45, 7) is 4.36. The van der Waals surface area contributed by atoms with E-state index in [2.05, 4.69) is 13.8 Å². The number of halogens is 2. The van der Waals surface area contributed by atoms with E-state index in [0.29, 0.717) is 28.2 Å². The Bertz CT molecular complexity index is 378. The first kappa shape index (κ1) is 12.2. The molecule has 1 saturated heterocycles. The summed E-state index contributed by atoms with van der Waals surface area (Å²) in [7, 11) is 0. The van der Waals surface area contributed by atoms with Crippen LogP contribution in [0.5, 0.6) is 0 Å². The van der Waals surface area contributed by atoms with Crippen molar-refractivity contribution in [2.75, 3.05) is 0 Å². The third-order valence-electron chi connectivity index (χ3n) is 3.19. The fraction of sp³-hybridized carbons (Fsp3) is 0.538. The van der Waals surface area contributed by atoms with Crippen LogP contribution in [0, 0.1) is 0 Å². The molecule has 3 heteroatoms. The summed E-state index contributed by atoms with van der Waals surface area (Å²) in [5.41, 5.74) is 1.24. The number of ether oxygens (including phenoxy) is 1. The lowest BCUT2D eigenvalue weighted by molar-refractivity contribution is 0.353. The third kappa shape index (κ3) is 2.71. The van der Waals surface area contributed by atoms with Crippen molar-refractivity contribution in [3.63, 3.8) is 0 Å². The molecule has 0 N–H and O–H groups in total. The number of hydrogen-bond acceptors (Lipinski definition) is 1. The van der Waals surface area contributed by atoms with Gasteiger partial charge in [-0.3, -0.25) is 0 Å². The Hall–Kier alpha value is -0.240. The molecule has 0 radical (unpaired) electrons. The van der Waals surface area contributed by atoms with Gasteiger partial charge in [0.1, 0.15) is 0 Å². The van der Waals surface area contributed by atoms with Gasteiger partial charge in [0, 0.05) is 0 Å². The van der Waals surface area contributed by atoms with Crippen molar-refractivity contribution in [2.24, 2.45) is 0 Å². The molecule has 0 bridgehead atoms. The van der Waals surface area contributed by atoms with Crippen LogP contribution in [0.15, 0.2) is 18.2 Å². The van der Waals surface area contributed by atoms with E-state index in [1.165, 1.54) is 5.56 Å². The van der Waals surface area contributed by atoms with Crippen LogP contribution < -0.4 is 0 Å². The van der Waals surface area contributed by atoms with E-state index < -0.39 is 0 Å². The van der Waals surface area contributed by atoms with Gasteiger partial charge in [0.05, 0.1) is 22.3 Å². The Labute approximate surface area is 107 Å². The summed E-state index contributed by atoms with van der Waals surface area (Å²) in [4.78, 5) is 0. The normalized spacial score (nSPS) is 25.5. The Balaban J connectivity index is 1.98. The molecule has 16 heavy (non-hydrogen) atoms. The van der Waals surface area contributed by atoms with Gasteiger partial charge in [0.2, 0.25) is 0 Å². The number of rotatable bonds is 4. The molecule has 0 aromatic heterocycles. The highest BCUT2D eigenvalue weighted by molar-refractivity contribution is 6.42. The molecule has 1 heterocycles. The fourth-order valence-electron chi connectivity index (χ4n) is 2.05. The van der Waals surface area contributed by atoms with Crippen molar-refractivity contribution in [1.29, 1.82) is 0 Å². The quantitative estimate of drug-likeness (QED) is 0.716. The third-order valence-corrected chi connectivity index (χ3v) is 3.93. The molecule has 0 spiro atoms. The molecular formula is C13H16Cl2O. The molecule has 1 aliphatic rings. The zero-order valence-electron chi connectivity index (χ0n) is 9.54. The second-order valence-electron chi connectivity index (χ2n) is 4.43. The van der Waals surface area contributed by atoms with Crippen molar-refractivity contribution < 1.29 is 4.74 Å². The summed E-state index contributed by atoms with van der Waals surface area (Å²) in [5.74, 6) is 0.469. The summed E-state index contributed by atoms with van der Waals surface area (Å²) in [5, 5.41) is 1.25. The van der Waals surface area contributed by atoms with Crippen LogP contribution in [0.4, 0.5) is 0 Å². The van der Waals surface area contributed by atoms with Crippen molar-refractivity contribution in [3.05, 3.63) is 33.8 Å². The molecule has 0 aliphatic carbocycles. The average molecular weight is 259 g/mol. The summed E-state index contributed by atoms with van der Waals surface area (Å²) in [6, 6.07) is 5.86. The topological polar surface area (TPSA) is 12.5 Å². The second kappa shape index (κ2) is 4.95. The molecule has 1 aromatic rings. The van der Waals surface area contributed by atoms with Gasteiger partial charge in [-0.25, -0.2) is 0 Å². The van der Waals surface area contributed by atoms with E-state index >= 15 is 0 Å². The standard InChI is InChI=1S/C13H16Cl2O/c1-3-12-13(16-12)6-8(2)9-4-5-10(14)11(15)7-9/h4-5,7-8,12-13H,3,6H2,1-2H3. The maximum absolute atomic E-state index is 6.00. The summed E-state index contributed by atoms with van der Waals surface area (Å²) < 4.78 is 5.55. The molecule has 1 nitrogen and oxygen atoms in total. The molecule has 1 fully saturated rings. The molecule has 88 valence electrons. The van der Waals surface area contributed by atoms with Crippen molar-refractivity contribution in [3.8, 4) is 0 Å². The molecule has 3 atom stereocenters. The molecule has 0 amide bonds. The first-order valence-corrected chi connectivity index (χ1v) is 6.47. The van der Waals surface area contributed by atoms with Crippen LogP contribution in [-0.2, 0) is 4.74 Å². The van der Waals surface area contributed by atoms with Crippen molar-refractivity contribution in [2.45, 2.75) is 44.8 Å². The predicted molar refractivity (Wildman–Crippen MR) is 68.4 cm³/mol. The lowest BCUT2D eigenvalue weighted by atomic mass is 9.95. The van der Waals surface area contributed by atoms with Gasteiger partial charge < -0.3 is 4.74 Å². The van der Waals surface area contributed by atoms with E-state index in [9.17, 15) is 0 Å². The Morgan fingerprint density at radius 2 is 2.00 bits per heavy atom. The second-order valence-corrected chi connectivity index (χ2v) is 5.25. The zero-order chi connectivity index (χ0) is 11.7. The highest BCUT2D eigenvalue weighted by Crippen LogP contribution is 2.35. The van der Waals surface area contributed by atoms with Crippen LogP contribution in [0.2, 0.25) is 10.0 Å². The lowest BCUT2D eigenvalue weighted by Gasteiger charge is -2.11. The van der Waals surface area contributed by atoms with E-state index in [-0.39, 0.29) is 0 Å². The Morgan fingerprint density at radius 3 is 2.56 bits per heavy atom. The molecule has 1 aliphatic heterocycles. The Morgan fingerprint density at radius 1 is 1.25 bits per heavy atom. The summed E-state index contributed by atoms with van der Waals surface area (Å²) in [6.07, 6.45) is 3.09. The minimum atomic E-state index is 0.439. The van der Waals surface area contributed by atoms with Gasteiger partial charge in [0.25, 0.3) is 0 Å². The van der Waals surface area contributed by atoms with Crippen LogP contribution in [-0.4, -0.2) is 12.2 Å². The SMILES string of the molecule is CCC1OC1CC(C)c1ccc(Cl)c(Cl)c1. The van der Waals surface area contributed by atoms with E-state index in [4.69, 9.17) is 27.9 Å². The van der Waals surface area contributed by atoms with Crippen LogP contribution in [0.25, 0.3) is 0 Å². The van der Waals surface area contributed by atoms with Gasteiger partial charge in [-0.15, -0.1) is 0 Å². The highest BCUT2D eigenvalue weighted by atomic mass is 35.5. The van der Waals surface area contributed by atoms with Gasteiger partial charge in [-0.05, 0) is 36.5 Å². The van der Waals surface area contributed by atoms with E-state index in [1.807, 2.05) is 18.2 Å². The largest absolute Gasteiger partial charge is 0.370 e. The monoisotopic (exact) mass is 258 g/mol. The van der Waals surface area contributed by atoms with Crippen molar-refractivity contribution >= 4 is 23.2 Å². The zero-order valence-corrected chi connectivity index (χ0v) is 11.1. The maximum atomic E-state index is 6.00. The predicted octanol–water partition coefficient (Wildman–Crippen LogP) is 4.66. The van der Waals surface area contributed by atoms with E-state index in [1.54, 1.807) is 0 Å². The van der Waals surface area contributed by atoms with Gasteiger partial charge in [0.15, 0.2) is 0 Å². The summed E-state index contributed by atoms with van der Waals surface area (Å²) >= 11 is 11.9. The minimum absolute atomic E-state index is 0.439. The molecule has 2 rings (SSSR count). The number of hydrogen-bond donors (Lipinski definition) is 0. The number of epoxide rings is 1. The highest BCUT2D eigenvalue weighted by Gasteiger charge is 2.37. The number of benzene rings is 1. The average Bonchev–Trinajstić information content (AvgIpc) is 3.00. The maximum Gasteiger partial charge on any atom is 0.0847 e. The van der Waals surface area contributed by atoms with Gasteiger partial charge >= 0.3 is 0 Å². The van der Waals surface area contributed by atoms with E-state index in [0.717, 1.165) is 12.8 Å². The van der Waals surface area contributed by atoms with Crippen LogP contribution in [0.3, 0.4) is 0 Å². The Kier molecular flexibility index (Phi) is 3.78. The molecular weight excluding hydrogens is 243 g/mol.